The number of anilines is 1. The Labute approximate surface area is 101 Å². The Hall–Kier alpha value is -1.69. The molecule has 0 saturated heterocycles. The number of hydrogen-bond donors (Lipinski definition) is 1. The highest BCUT2D eigenvalue weighted by Crippen LogP contribution is 2.11. The molecule has 0 fully saturated rings. The molecule has 2 rings (SSSR count). The van der Waals surface area contributed by atoms with Crippen molar-refractivity contribution in [3.8, 4) is 0 Å². The molecule has 0 aliphatic heterocycles. The molecule has 0 bridgehead atoms. The van der Waals surface area contributed by atoms with Crippen molar-refractivity contribution < 1.29 is 4.79 Å². The molecule has 16 heavy (non-hydrogen) atoms. The van der Waals surface area contributed by atoms with E-state index in [4.69, 9.17) is 0 Å². The highest BCUT2D eigenvalue weighted by Gasteiger charge is 2.10. The zero-order chi connectivity index (χ0) is 11.5. The Morgan fingerprint density at radius 2 is 2.25 bits per heavy atom. The van der Waals surface area contributed by atoms with Crippen LogP contribution in [0.25, 0.3) is 0 Å². The molecule has 1 N–H and O–H groups in total. The molecule has 0 aliphatic rings. The molecule has 1 amide bonds. The summed E-state index contributed by atoms with van der Waals surface area (Å²) in [7, 11) is 1.71. The predicted octanol–water partition coefficient (Wildman–Crippen LogP) is 1.83. The molecule has 5 nitrogen and oxygen atoms in total. The molecule has 0 spiro atoms. The van der Waals surface area contributed by atoms with E-state index in [-0.39, 0.29) is 5.91 Å². The summed E-state index contributed by atoms with van der Waals surface area (Å²) >= 11 is 3.27. The Morgan fingerprint density at radius 1 is 1.44 bits per heavy atom. The number of halogens is 1. The largest absolute Gasteiger partial charge is 0.305 e. The number of nitrogens with zero attached hydrogens (tertiary/aromatic N) is 3. The normalized spacial score (nSPS) is 10.1. The van der Waals surface area contributed by atoms with Crippen LogP contribution in [0.15, 0.2) is 35.1 Å². The highest BCUT2D eigenvalue weighted by atomic mass is 79.9. The minimum atomic E-state index is -0.227. The highest BCUT2D eigenvalue weighted by molar-refractivity contribution is 9.10. The molecule has 2 heterocycles. The number of aromatic nitrogens is 3. The second-order valence-corrected chi connectivity index (χ2v) is 4.07. The van der Waals surface area contributed by atoms with E-state index < -0.39 is 0 Å². The lowest BCUT2D eigenvalue weighted by atomic mass is 10.4. The quantitative estimate of drug-likeness (QED) is 0.913. The minimum absolute atomic E-state index is 0.227. The number of hydrogen-bond acceptors (Lipinski definition) is 3. The molecule has 0 unspecified atom stereocenters. The molecular weight excluding hydrogens is 272 g/mol. The van der Waals surface area contributed by atoms with Crippen molar-refractivity contribution in [2.45, 2.75) is 0 Å². The van der Waals surface area contributed by atoms with Gasteiger partial charge in [0.05, 0.1) is 0 Å². The molecule has 0 aliphatic carbocycles. The van der Waals surface area contributed by atoms with E-state index in [1.165, 1.54) is 4.68 Å². The number of nitrogens with one attached hydrogen (secondary N) is 1. The van der Waals surface area contributed by atoms with Gasteiger partial charge in [-0.3, -0.25) is 9.48 Å². The van der Waals surface area contributed by atoms with Crippen LogP contribution in [0.2, 0.25) is 0 Å². The fraction of sp³-hybridized carbons (Fsp3) is 0.100. The Kier molecular flexibility index (Phi) is 3.00. The van der Waals surface area contributed by atoms with Crippen molar-refractivity contribution >= 4 is 27.7 Å². The fourth-order valence-electron chi connectivity index (χ4n) is 1.23. The van der Waals surface area contributed by atoms with Crippen molar-refractivity contribution in [3.05, 3.63) is 40.8 Å². The second-order valence-electron chi connectivity index (χ2n) is 3.16. The van der Waals surface area contributed by atoms with Gasteiger partial charge in [-0.25, -0.2) is 4.98 Å². The van der Waals surface area contributed by atoms with Gasteiger partial charge in [-0.15, -0.1) is 0 Å². The first kappa shape index (κ1) is 10.8. The van der Waals surface area contributed by atoms with Gasteiger partial charge in [0.2, 0.25) is 0 Å². The van der Waals surface area contributed by atoms with E-state index in [1.54, 1.807) is 31.6 Å². The predicted molar refractivity (Wildman–Crippen MR) is 63.1 cm³/mol. The lowest BCUT2D eigenvalue weighted by Gasteiger charge is -2.04. The van der Waals surface area contributed by atoms with E-state index in [0.29, 0.717) is 11.5 Å². The summed E-state index contributed by atoms with van der Waals surface area (Å²) in [4.78, 5) is 15.8. The van der Waals surface area contributed by atoms with Crippen molar-refractivity contribution in [2.24, 2.45) is 7.05 Å². The zero-order valence-corrected chi connectivity index (χ0v) is 10.1. The standard InChI is InChI=1S/C10H9BrN4O/c1-15-8(4-5-13-15)10(16)14-9-3-2-7(11)6-12-9/h2-6H,1H3,(H,12,14,16). The molecule has 2 aromatic rings. The third-order valence-corrected chi connectivity index (χ3v) is 2.49. The van der Waals surface area contributed by atoms with Crippen LogP contribution in [0, 0.1) is 0 Å². The van der Waals surface area contributed by atoms with Crippen molar-refractivity contribution in [2.75, 3.05) is 5.32 Å². The molecule has 82 valence electrons. The van der Waals surface area contributed by atoms with Gasteiger partial charge in [0.25, 0.3) is 5.91 Å². The Morgan fingerprint density at radius 3 is 2.81 bits per heavy atom. The average Bonchev–Trinajstić information content (AvgIpc) is 2.68. The van der Waals surface area contributed by atoms with Crippen LogP contribution >= 0.6 is 15.9 Å². The van der Waals surface area contributed by atoms with Gasteiger partial charge in [-0.1, -0.05) is 0 Å². The van der Waals surface area contributed by atoms with Crippen LogP contribution in [-0.2, 0) is 7.05 Å². The van der Waals surface area contributed by atoms with Gasteiger partial charge >= 0.3 is 0 Å². The molecule has 0 radical (unpaired) electrons. The smallest absolute Gasteiger partial charge is 0.275 e. The first-order valence-corrected chi connectivity index (χ1v) is 5.37. The van der Waals surface area contributed by atoms with Crippen LogP contribution in [0.1, 0.15) is 10.5 Å². The summed E-state index contributed by atoms with van der Waals surface area (Å²) in [5, 5.41) is 6.60. The average molecular weight is 281 g/mol. The van der Waals surface area contributed by atoms with Crippen molar-refractivity contribution in [1.29, 1.82) is 0 Å². The summed E-state index contributed by atoms with van der Waals surface area (Å²) in [6.45, 7) is 0. The molecule has 0 saturated carbocycles. The number of amides is 1. The number of aryl methyl sites for hydroxylation is 1. The summed E-state index contributed by atoms with van der Waals surface area (Å²) in [5.74, 6) is 0.282. The molecule has 2 aromatic heterocycles. The van der Waals surface area contributed by atoms with Crippen LogP contribution in [0.4, 0.5) is 5.82 Å². The molecule has 6 heteroatoms. The number of carbonyl (C=O) groups is 1. The molecule has 0 atom stereocenters. The minimum Gasteiger partial charge on any atom is -0.305 e. The SMILES string of the molecule is Cn1nccc1C(=O)Nc1ccc(Br)cn1. The van der Waals surface area contributed by atoms with Crippen LogP contribution in [-0.4, -0.2) is 20.7 Å². The van der Waals surface area contributed by atoms with Crippen LogP contribution < -0.4 is 5.32 Å². The summed E-state index contributed by atoms with van der Waals surface area (Å²) in [5.41, 5.74) is 0.490. The van der Waals surface area contributed by atoms with Gasteiger partial charge in [-0.05, 0) is 34.1 Å². The number of carbonyl (C=O) groups excluding carboxylic acids is 1. The summed E-state index contributed by atoms with van der Waals surface area (Å²) in [6, 6.07) is 5.18. The van der Waals surface area contributed by atoms with Gasteiger partial charge in [0.15, 0.2) is 0 Å². The van der Waals surface area contributed by atoms with Gasteiger partial charge in [0.1, 0.15) is 11.5 Å². The molecular formula is C10H9BrN4O. The first-order valence-electron chi connectivity index (χ1n) is 4.58. The van der Waals surface area contributed by atoms with Crippen LogP contribution in [0.3, 0.4) is 0 Å². The van der Waals surface area contributed by atoms with Crippen LogP contribution in [0.5, 0.6) is 0 Å². The monoisotopic (exact) mass is 280 g/mol. The fourth-order valence-corrected chi connectivity index (χ4v) is 1.46. The number of pyridine rings is 1. The van der Waals surface area contributed by atoms with E-state index in [1.807, 2.05) is 6.07 Å². The van der Waals surface area contributed by atoms with E-state index in [2.05, 4.69) is 31.3 Å². The summed E-state index contributed by atoms with van der Waals surface area (Å²) < 4.78 is 2.37. The third kappa shape index (κ3) is 2.27. The second kappa shape index (κ2) is 4.44. The Balaban J connectivity index is 2.14. The van der Waals surface area contributed by atoms with Crippen molar-refractivity contribution in [3.63, 3.8) is 0 Å². The zero-order valence-electron chi connectivity index (χ0n) is 8.51. The van der Waals surface area contributed by atoms with Gasteiger partial charge in [0, 0.05) is 23.9 Å². The maximum atomic E-state index is 11.8. The topological polar surface area (TPSA) is 59.8 Å². The Bertz CT molecular complexity index is 506. The first-order chi connectivity index (χ1) is 7.66. The van der Waals surface area contributed by atoms with E-state index >= 15 is 0 Å². The van der Waals surface area contributed by atoms with E-state index in [9.17, 15) is 4.79 Å². The van der Waals surface area contributed by atoms with E-state index in [0.717, 1.165) is 4.47 Å². The maximum absolute atomic E-state index is 11.8. The number of rotatable bonds is 2. The molecule has 0 aromatic carbocycles. The summed E-state index contributed by atoms with van der Waals surface area (Å²) in [6.07, 6.45) is 3.20. The lowest BCUT2D eigenvalue weighted by molar-refractivity contribution is 0.101. The van der Waals surface area contributed by atoms with Crippen molar-refractivity contribution in [1.82, 2.24) is 14.8 Å². The maximum Gasteiger partial charge on any atom is 0.275 e. The lowest BCUT2D eigenvalue weighted by Crippen LogP contribution is -2.16. The third-order valence-electron chi connectivity index (χ3n) is 2.02. The van der Waals surface area contributed by atoms with Gasteiger partial charge in [-0.2, -0.15) is 5.10 Å². The van der Waals surface area contributed by atoms with Gasteiger partial charge < -0.3 is 5.32 Å².